The molecule has 0 fully saturated rings. The Hall–Kier alpha value is -3.66. The molecule has 8 nitrogen and oxygen atoms in total. The molecule has 0 spiro atoms. The Morgan fingerprint density at radius 3 is 2.71 bits per heavy atom. The molecule has 1 aromatic heterocycles. The third-order valence-electron chi connectivity index (χ3n) is 4.68. The molecular formula is C25H28FN5O3. The van der Waals surface area contributed by atoms with Gasteiger partial charge in [-0.2, -0.15) is 9.97 Å². The highest BCUT2D eigenvalue weighted by atomic mass is 19.1. The van der Waals surface area contributed by atoms with Crippen molar-refractivity contribution in [3.05, 3.63) is 83.0 Å². The largest absolute Gasteiger partial charge is 0.621 e. The lowest BCUT2D eigenvalue weighted by atomic mass is 10.1. The van der Waals surface area contributed by atoms with Crippen molar-refractivity contribution in [1.29, 1.82) is 0 Å². The number of nitrogens with one attached hydrogen (secondary N) is 2. The summed E-state index contributed by atoms with van der Waals surface area (Å²) in [5.74, 6) is -0.658. The van der Waals surface area contributed by atoms with Gasteiger partial charge in [0.2, 0.25) is 0 Å². The van der Waals surface area contributed by atoms with E-state index in [9.17, 15) is 14.4 Å². The maximum Gasteiger partial charge on any atom is 0.334 e. The van der Waals surface area contributed by atoms with E-state index in [-0.39, 0.29) is 17.5 Å². The number of anilines is 2. The van der Waals surface area contributed by atoms with Gasteiger partial charge in [-0.1, -0.05) is 23.8 Å². The van der Waals surface area contributed by atoms with Crippen LogP contribution in [0.3, 0.4) is 0 Å². The molecule has 2 aromatic carbocycles. The number of carbonyl (C=O) groups is 1. The number of nitrogens with zero attached hydrogens (tertiary/aromatic N) is 3. The average molecular weight is 466 g/mol. The highest BCUT2D eigenvalue weighted by molar-refractivity contribution is 6.05. The molecule has 3 aromatic rings. The van der Waals surface area contributed by atoms with Crippen LogP contribution in [0.15, 0.2) is 66.4 Å². The number of rotatable bonds is 10. The van der Waals surface area contributed by atoms with Crippen molar-refractivity contribution >= 4 is 28.9 Å². The zero-order valence-corrected chi connectivity index (χ0v) is 19.6. The molecule has 9 heteroatoms. The molecule has 3 rings (SSSR count). The number of halogens is 1. The molecule has 1 unspecified atom stereocenters. The Labute approximate surface area is 198 Å². The van der Waals surface area contributed by atoms with Crippen molar-refractivity contribution < 1.29 is 19.0 Å². The van der Waals surface area contributed by atoms with Gasteiger partial charge in [0.05, 0.1) is 6.20 Å². The monoisotopic (exact) mass is 465 g/mol. The number of carbonyl (C=O) groups excluding carboxylic acids is 1. The van der Waals surface area contributed by atoms with Gasteiger partial charge in [-0.25, -0.2) is 4.39 Å². The summed E-state index contributed by atoms with van der Waals surface area (Å²) in [7, 11) is 3.89. The summed E-state index contributed by atoms with van der Waals surface area (Å²) < 4.78 is 20.1. The van der Waals surface area contributed by atoms with Crippen LogP contribution >= 0.6 is 0 Å². The van der Waals surface area contributed by atoms with Gasteiger partial charge in [0.15, 0.2) is 17.4 Å². The van der Waals surface area contributed by atoms with E-state index < -0.39 is 10.9 Å². The number of aromatic nitrogens is 2. The maximum absolute atomic E-state index is 14.4. The predicted octanol–water partition coefficient (Wildman–Crippen LogP) is 3.79. The molecule has 0 radical (unpaired) electrons. The molecule has 0 saturated carbocycles. The van der Waals surface area contributed by atoms with Gasteiger partial charge in [-0.15, -0.1) is 0 Å². The first-order valence-electron chi connectivity index (χ1n) is 10.7. The van der Waals surface area contributed by atoms with Crippen molar-refractivity contribution in [2.24, 2.45) is 0 Å². The van der Waals surface area contributed by atoms with E-state index in [1.54, 1.807) is 48.5 Å². The van der Waals surface area contributed by atoms with Gasteiger partial charge in [0.25, 0.3) is 0 Å². The summed E-state index contributed by atoms with van der Waals surface area (Å²) in [6.45, 7) is 4.87. The van der Waals surface area contributed by atoms with Crippen molar-refractivity contribution in [2.75, 3.05) is 32.6 Å². The van der Waals surface area contributed by atoms with Gasteiger partial charge < -0.3 is 20.2 Å². The highest BCUT2D eigenvalue weighted by Gasteiger charge is 2.16. The molecule has 34 heavy (non-hydrogen) atoms. The van der Waals surface area contributed by atoms with Crippen LogP contribution < -0.4 is 15.1 Å². The third-order valence-corrected chi connectivity index (χ3v) is 4.68. The predicted molar refractivity (Wildman–Crippen MR) is 130 cm³/mol. The van der Waals surface area contributed by atoms with Crippen LogP contribution in [0, 0.1) is 11.0 Å². The third kappa shape index (κ3) is 6.92. The van der Waals surface area contributed by atoms with Crippen LogP contribution in [0.25, 0.3) is 0 Å². The van der Waals surface area contributed by atoms with Gasteiger partial charge in [-0.3, -0.25) is 9.86 Å². The first-order chi connectivity index (χ1) is 16.2. The summed E-state index contributed by atoms with van der Waals surface area (Å²) in [5.41, 5.74) is 2.11. The van der Waals surface area contributed by atoms with Crippen LogP contribution in [0.5, 0.6) is 5.75 Å². The summed E-state index contributed by atoms with van der Waals surface area (Å²) in [5, 5.41) is 15.3. The fraction of sp³-hybridized carbons (Fsp3) is 0.240. The van der Waals surface area contributed by atoms with Gasteiger partial charge >= 0.3 is 5.95 Å². The molecule has 0 aliphatic rings. The lowest BCUT2D eigenvalue weighted by Gasteiger charge is -2.20. The molecule has 178 valence electrons. The summed E-state index contributed by atoms with van der Waals surface area (Å²) in [6.07, 6.45) is 2.47. The average Bonchev–Trinajstić information content (AvgIpc) is 2.80. The molecule has 0 amide bonds. The Bertz CT molecular complexity index is 1180. The first-order valence-corrected chi connectivity index (χ1v) is 10.7. The van der Waals surface area contributed by atoms with Crippen molar-refractivity contribution in [3.63, 3.8) is 0 Å². The van der Waals surface area contributed by atoms with E-state index in [4.69, 9.17) is 4.74 Å². The number of ketones is 1. The number of likely N-dealkylation sites (N-methyl/N-ethyl adjacent to an activating group) is 1. The second-order valence-corrected chi connectivity index (χ2v) is 8.19. The number of ether oxygens (including phenoxy) is 1. The Balaban J connectivity index is 1.79. The fourth-order valence-electron chi connectivity index (χ4n) is 3.00. The molecule has 2 N–H and O–H groups in total. The van der Waals surface area contributed by atoms with E-state index in [0.717, 1.165) is 18.3 Å². The minimum atomic E-state index is -0.724. The minimum absolute atomic E-state index is 0.157. The van der Waals surface area contributed by atoms with Crippen LogP contribution in [0.2, 0.25) is 0 Å². The normalized spacial score (nSPS) is 11.7. The second-order valence-electron chi connectivity index (χ2n) is 8.19. The molecule has 1 heterocycles. The van der Waals surface area contributed by atoms with E-state index >= 15 is 0 Å². The van der Waals surface area contributed by atoms with Crippen LogP contribution in [0.4, 0.5) is 27.5 Å². The molecule has 0 aliphatic carbocycles. The van der Waals surface area contributed by atoms with Crippen LogP contribution in [-0.2, 0) is 0 Å². The number of allylic oxidation sites excluding steroid dienone is 2. The highest BCUT2D eigenvalue weighted by Crippen LogP contribution is 2.21. The van der Waals surface area contributed by atoms with Crippen molar-refractivity contribution in [3.8, 4) is 5.75 Å². The topological polar surface area (TPSA) is 94.8 Å². The molecular weight excluding hydrogens is 437 g/mol. The number of benzene rings is 2. The van der Waals surface area contributed by atoms with Crippen LogP contribution in [0.1, 0.15) is 24.2 Å². The lowest BCUT2D eigenvalue weighted by Crippen LogP contribution is -2.97. The Kier molecular flexibility index (Phi) is 8.42. The Morgan fingerprint density at radius 1 is 1.21 bits per heavy atom. The Morgan fingerprint density at radius 2 is 1.97 bits per heavy atom. The molecule has 0 bridgehead atoms. The number of hydrogen-bond acceptors (Lipinski definition) is 7. The summed E-state index contributed by atoms with van der Waals surface area (Å²) in [6, 6.07) is 13.3. The van der Waals surface area contributed by atoms with Gasteiger partial charge in [-0.05, 0) is 52.2 Å². The first kappa shape index (κ1) is 25.0. The molecule has 1 atom stereocenters. The van der Waals surface area contributed by atoms with Gasteiger partial charge in [0, 0.05) is 29.9 Å². The smallest absolute Gasteiger partial charge is 0.334 e. The van der Waals surface area contributed by atoms with E-state index in [2.05, 4.69) is 15.3 Å². The second kappa shape index (κ2) is 11.5. The van der Waals surface area contributed by atoms with Gasteiger partial charge in [0.1, 0.15) is 18.0 Å². The quantitative estimate of drug-likeness (QED) is 0.267. The van der Waals surface area contributed by atoms with E-state index in [1.165, 1.54) is 6.08 Å². The van der Waals surface area contributed by atoms with Crippen molar-refractivity contribution in [1.82, 2.24) is 14.9 Å². The van der Waals surface area contributed by atoms with E-state index in [1.807, 2.05) is 32.8 Å². The zero-order valence-electron chi connectivity index (χ0n) is 19.6. The lowest BCUT2D eigenvalue weighted by molar-refractivity contribution is -0.704. The van der Waals surface area contributed by atoms with Crippen LogP contribution in [-0.4, -0.2) is 47.9 Å². The zero-order chi connectivity index (χ0) is 24.7. The standard InChI is InChI=1S/C25H28FN5O3/c1-17(2)13-23(32)18-7-5-8-19(14-18)28-24-22(26)16-27-25(29-24)31(33)20-9-6-10-21(15-20)34-12-11-30(3)4/h5-10,13-16,31H,11-12H2,1-4H3,(H,27,28,29). The van der Waals surface area contributed by atoms with Crippen molar-refractivity contribution in [2.45, 2.75) is 13.8 Å². The SMILES string of the molecule is CC(C)=CC(=O)c1cccc(Nc2nc([NH+]([O-])c3cccc(OCCN(C)C)c3)ncc2F)c1. The number of quaternary nitrogens is 1. The summed E-state index contributed by atoms with van der Waals surface area (Å²) in [4.78, 5) is 22.2. The fourth-order valence-corrected chi connectivity index (χ4v) is 3.00. The molecule has 0 saturated heterocycles. The maximum atomic E-state index is 14.4. The van der Waals surface area contributed by atoms with E-state index in [0.29, 0.717) is 29.3 Å². The number of hydrogen-bond donors (Lipinski definition) is 2. The molecule has 0 aliphatic heterocycles. The summed E-state index contributed by atoms with van der Waals surface area (Å²) >= 11 is 0. The minimum Gasteiger partial charge on any atom is -0.621 e.